The van der Waals surface area contributed by atoms with Gasteiger partial charge in [-0.05, 0) is 12.1 Å². The fourth-order valence-corrected chi connectivity index (χ4v) is 2.48. The molecule has 1 heterocycles. The highest BCUT2D eigenvalue weighted by molar-refractivity contribution is 7.92. The predicted molar refractivity (Wildman–Crippen MR) is 69.0 cm³/mol. The molecule has 0 bridgehead atoms. The van der Waals surface area contributed by atoms with Crippen molar-refractivity contribution in [1.82, 2.24) is 9.97 Å². The largest absolute Gasteiger partial charge is 0.490 e. The Morgan fingerprint density at radius 1 is 1.45 bits per heavy atom. The summed E-state index contributed by atoms with van der Waals surface area (Å²) in [6.07, 6.45) is 2.81. The topological polar surface area (TPSA) is 127 Å². The molecule has 1 aromatic carbocycles. The molecule has 1 aromatic heterocycles. The van der Waals surface area contributed by atoms with E-state index in [1.807, 2.05) is 0 Å². The van der Waals surface area contributed by atoms with Crippen molar-refractivity contribution < 1.29 is 18.1 Å². The van der Waals surface area contributed by atoms with Gasteiger partial charge in [0.2, 0.25) is 5.95 Å². The summed E-state index contributed by atoms with van der Waals surface area (Å²) in [6.45, 7) is 0. The zero-order valence-corrected chi connectivity index (χ0v) is 11.0. The molecule has 0 fully saturated rings. The number of anilines is 1. The Bertz CT molecular complexity index is 726. The van der Waals surface area contributed by atoms with Crippen molar-refractivity contribution in [2.45, 2.75) is 4.90 Å². The van der Waals surface area contributed by atoms with Gasteiger partial charge in [0.25, 0.3) is 10.0 Å². The number of rotatable bonds is 5. The first kappa shape index (κ1) is 13.8. The van der Waals surface area contributed by atoms with E-state index in [9.17, 15) is 18.5 Å². The minimum Gasteiger partial charge on any atom is -0.490 e. The van der Waals surface area contributed by atoms with Crippen LogP contribution >= 0.6 is 0 Å². The average molecular weight is 298 g/mol. The van der Waals surface area contributed by atoms with E-state index in [0.717, 1.165) is 6.07 Å². The van der Waals surface area contributed by atoms with Crippen LogP contribution in [0, 0.1) is 10.1 Å². The highest BCUT2D eigenvalue weighted by Crippen LogP contribution is 2.29. The first-order chi connectivity index (χ1) is 9.44. The Kier molecular flexibility index (Phi) is 3.57. The van der Waals surface area contributed by atoms with Crippen LogP contribution in [0.4, 0.5) is 11.6 Å². The molecule has 0 saturated carbocycles. The monoisotopic (exact) mass is 298 g/mol. The number of nitro benzene ring substituents is 1. The van der Waals surface area contributed by atoms with E-state index in [1.165, 1.54) is 31.6 Å². The fourth-order valence-electron chi connectivity index (χ4n) is 1.49. The molecule has 0 aliphatic carbocycles. The molecule has 20 heavy (non-hydrogen) atoms. The molecule has 10 heteroatoms. The molecule has 0 atom stereocenters. The normalized spacial score (nSPS) is 11.1. The SMILES string of the molecule is COc1ccc(S(=O)(=O)Nc2ncc[nH]2)cc1[N+](=O)[O-]. The molecule has 2 aromatic rings. The third-order valence-corrected chi connectivity index (χ3v) is 3.72. The number of H-pyrrole nitrogens is 1. The van der Waals surface area contributed by atoms with Gasteiger partial charge in [0, 0.05) is 18.5 Å². The van der Waals surface area contributed by atoms with Gasteiger partial charge in [-0.1, -0.05) is 0 Å². The summed E-state index contributed by atoms with van der Waals surface area (Å²) in [7, 11) is -2.71. The maximum absolute atomic E-state index is 12.0. The van der Waals surface area contributed by atoms with Gasteiger partial charge in [-0.2, -0.15) is 0 Å². The van der Waals surface area contributed by atoms with Crippen molar-refractivity contribution in [3.8, 4) is 5.75 Å². The number of benzene rings is 1. The number of hydrogen-bond acceptors (Lipinski definition) is 6. The van der Waals surface area contributed by atoms with Crippen LogP contribution in [0.3, 0.4) is 0 Å². The van der Waals surface area contributed by atoms with Gasteiger partial charge >= 0.3 is 5.69 Å². The molecule has 0 spiro atoms. The molecular formula is C10H10N4O5S. The summed E-state index contributed by atoms with van der Waals surface area (Å²) < 4.78 is 31.0. The van der Waals surface area contributed by atoms with Gasteiger partial charge in [0.05, 0.1) is 16.9 Å². The van der Waals surface area contributed by atoms with Crippen LogP contribution < -0.4 is 9.46 Å². The van der Waals surface area contributed by atoms with Crippen LogP contribution in [-0.4, -0.2) is 30.4 Å². The number of aromatic nitrogens is 2. The number of sulfonamides is 1. The van der Waals surface area contributed by atoms with E-state index in [4.69, 9.17) is 4.74 Å². The number of nitrogens with zero attached hydrogens (tertiary/aromatic N) is 2. The molecule has 0 amide bonds. The highest BCUT2D eigenvalue weighted by Gasteiger charge is 2.22. The number of methoxy groups -OCH3 is 1. The summed E-state index contributed by atoms with van der Waals surface area (Å²) >= 11 is 0. The van der Waals surface area contributed by atoms with Gasteiger partial charge in [-0.3, -0.25) is 10.1 Å². The third kappa shape index (κ3) is 2.69. The first-order valence-corrected chi connectivity index (χ1v) is 6.77. The zero-order valence-electron chi connectivity index (χ0n) is 10.2. The van der Waals surface area contributed by atoms with Gasteiger partial charge < -0.3 is 9.72 Å². The van der Waals surface area contributed by atoms with E-state index in [2.05, 4.69) is 14.7 Å². The minimum absolute atomic E-state index is 0.0171. The van der Waals surface area contributed by atoms with Crippen molar-refractivity contribution in [2.24, 2.45) is 0 Å². The van der Waals surface area contributed by atoms with Crippen LogP contribution in [0.2, 0.25) is 0 Å². The van der Waals surface area contributed by atoms with E-state index in [-0.39, 0.29) is 16.6 Å². The maximum atomic E-state index is 12.0. The minimum atomic E-state index is -3.97. The molecule has 106 valence electrons. The van der Waals surface area contributed by atoms with Crippen LogP contribution in [0.1, 0.15) is 0 Å². The summed E-state index contributed by atoms with van der Waals surface area (Å²) in [5, 5.41) is 10.9. The lowest BCUT2D eigenvalue weighted by Crippen LogP contribution is -2.14. The molecule has 2 rings (SSSR count). The Morgan fingerprint density at radius 3 is 2.75 bits per heavy atom. The zero-order chi connectivity index (χ0) is 14.8. The van der Waals surface area contributed by atoms with Crippen molar-refractivity contribution in [3.05, 3.63) is 40.7 Å². The molecule has 9 nitrogen and oxygen atoms in total. The number of nitro groups is 1. The lowest BCUT2D eigenvalue weighted by Gasteiger charge is -2.07. The Balaban J connectivity index is 2.42. The second-order valence-electron chi connectivity index (χ2n) is 3.63. The molecule has 0 aliphatic heterocycles. The fraction of sp³-hybridized carbons (Fsp3) is 0.100. The number of ether oxygens (including phenoxy) is 1. The van der Waals surface area contributed by atoms with Crippen molar-refractivity contribution in [3.63, 3.8) is 0 Å². The van der Waals surface area contributed by atoms with E-state index >= 15 is 0 Å². The smallest absolute Gasteiger partial charge is 0.312 e. The lowest BCUT2D eigenvalue weighted by atomic mass is 10.3. The van der Waals surface area contributed by atoms with Crippen LogP contribution in [-0.2, 0) is 10.0 Å². The van der Waals surface area contributed by atoms with Crippen molar-refractivity contribution in [2.75, 3.05) is 11.8 Å². The molecule has 0 unspecified atom stereocenters. The van der Waals surface area contributed by atoms with Crippen LogP contribution in [0.5, 0.6) is 5.75 Å². The third-order valence-electron chi connectivity index (χ3n) is 2.39. The van der Waals surface area contributed by atoms with Gasteiger partial charge in [-0.25, -0.2) is 18.1 Å². The van der Waals surface area contributed by atoms with Crippen molar-refractivity contribution in [1.29, 1.82) is 0 Å². The lowest BCUT2D eigenvalue weighted by molar-refractivity contribution is -0.386. The molecular weight excluding hydrogens is 288 g/mol. The standard InChI is InChI=1S/C10H10N4O5S/c1-19-9-3-2-7(6-8(9)14(15)16)20(17,18)13-10-11-4-5-12-10/h2-6H,1H3,(H2,11,12,13). The molecule has 0 saturated heterocycles. The van der Waals surface area contributed by atoms with E-state index < -0.39 is 20.6 Å². The number of imidazole rings is 1. The Labute approximate surface area is 113 Å². The first-order valence-electron chi connectivity index (χ1n) is 5.28. The van der Waals surface area contributed by atoms with E-state index in [1.54, 1.807) is 0 Å². The molecule has 0 radical (unpaired) electrons. The van der Waals surface area contributed by atoms with Gasteiger partial charge in [0.15, 0.2) is 5.75 Å². The molecule has 2 N–H and O–H groups in total. The van der Waals surface area contributed by atoms with Gasteiger partial charge in [0.1, 0.15) is 0 Å². The second-order valence-corrected chi connectivity index (χ2v) is 5.32. The summed E-state index contributed by atoms with van der Waals surface area (Å²) in [6, 6.07) is 3.34. The van der Waals surface area contributed by atoms with Crippen LogP contribution in [0.25, 0.3) is 0 Å². The number of hydrogen-bond donors (Lipinski definition) is 2. The van der Waals surface area contributed by atoms with Crippen LogP contribution in [0.15, 0.2) is 35.5 Å². The summed E-state index contributed by atoms with van der Waals surface area (Å²) in [4.78, 5) is 16.2. The number of nitrogens with one attached hydrogen (secondary N) is 2. The number of aromatic amines is 1. The Morgan fingerprint density at radius 2 is 2.20 bits per heavy atom. The van der Waals surface area contributed by atoms with Gasteiger partial charge in [-0.15, -0.1) is 0 Å². The second kappa shape index (κ2) is 5.17. The Hall–Kier alpha value is -2.62. The summed E-state index contributed by atoms with van der Waals surface area (Å²) in [5.74, 6) is -0.00424. The summed E-state index contributed by atoms with van der Waals surface area (Å²) in [5.41, 5.74) is -0.435. The maximum Gasteiger partial charge on any atom is 0.312 e. The predicted octanol–water partition coefficient (Wildman–Crippen LogP) is 1.13. The quantitative estimate of drug-likeness (QED) is 0.629. The van der Waals surface area contributed by atoms with E-state index in [0.29, 0.717) is 0 Å². The molecule has 0 aliphatic rings. The average Bonchev–Trinajstić information content (AvgIpc) is 2.89. The van der Waals surface area contributed by atoms with Crippen molar-refractivity contribution >= 4 is 21.7 Å². The highest BCUT2D eigenvalue weighted by atomic mass is 32.2.